The van der Waals surface area contributed by atoms with Crippen molar-refractivity contribution in [3.05, 3.63) is 0 Å². The molecule has 1 aliphatic rings. The van der Waals surface area contributed by atoms with Crippen LogP contribution in [0, 0.1) is 5.92 Å². The van der Waals surface area contributed by atoms with Gasteiger partial charge in [0.1, 0.15) is 0 Å². The van der Waals surface area contributed by atoms with Crippen molar-refractivity contribution >= 4 is 21.9 Å². The number of nitrogens with two attached hydrogens (primary N) is 1. The number of hydrogen-bond donors (Lipinski definition) is 2. The monoisotopic (exact) mass is 204 g/mol. The van der Waals surface area contributed by atoms with E-state index in [0.717, 1.165) is 0 Å². The minimum absolute atomic E-state index is 0.0688. The maximum atomic E-state index is 10.8. The summed E-state index contributed by atoms with van der Waals surface area (Å²) >= 11 is 0. The molecule has 0 amide bonds. The molecule has 0 bridgehead atoms. The van der Waals surface area contributed by atoms with Crippen LogP contribution in [0.25, 0.3) is 0 Å². The Kier molecular flexibility index (Phi) is 2.55. The zero-order valence-electron chi connectivity index (χ0n) is 7.48. The van der Waals surface area contributed by atoms with Gasteiger partial charge in [-0.1, -0.05) is 13.8 Å². The predicted molar refractivity (Wildman–Crippen MR) is 50.8 cm³/mol. The fourth-order valence-corrected chi connectivity index (χ4v) is 1.56. The van der Waals surface area contributed by atoms with Gasteiger partial charge >= 0.3 is 10.2 Å². The summed E-state index contributed by atoms with van der Waals surface area (Å²) in [4.78, 5) is 3.97. The summed E-state index contributed by atoms with van der Waals surface area (Å²) in [5, 5.41) is 0. The number of rotatable bonds is 2. The number of nitrogens with one attached hydrogen (secondary N) is 1. The van der Waals surface area contributed by atoms with Crippen molar-refractivity contribution in [3.8, 4) is 0 Å². The van der Waals surface area contributed by atoms with E-state index >= 15 is 0 Å². The summed E-state index contributed by atoms with van der Waals surface area (Å²) in [6, 6.07) is 0. The Hall–Kier alpha value is -1.11. The minimum Gasteiger partial charge on any atom is -0.380 e. The molecule has 13 heavy (non-hydrogen) atoms. The number of amidine groups is 2. The third-order valence-electron chi connectivity index (χ3n) is 1.30. The number of hydrogen-bond acceptors (Lipinski definition) is 4. The first-order valence-electron chi connectivity index (χ1n) is 3.84. The molecule has 0 spiro atoms. The first kappa shape index (κ1) is 9.97. The van der Waals surface area contributed by atoms with Gasteiger partial charge in [-0.25, -0.2) is 4.72 Å². The molecule has 6 nitrogen and oxygen atoms in total. The van der Waals surface area contributed by atoms with Gasteiger partial charge < -0.3 is 5.73 Å². The van der Waals surface area contributed by atoms with Crippen LogP contribution >= 0.6 is 0 Å². The van der Waals surface area contributed by atoms with Crippen molar-refractivity contribution < 1.29 is 8.42 Å². The maximum absolute atomic E-state index is 10.8. The van der Waals surface area contributed by atoms with Crippen molar-refractivity contribution in [2.45, 2.75) is 13.8 Å². The van der Waals surface area contributed by atoms with Gasteiger partial charge in [-0.2, -0.15) is 8.42 Å². The fourth-order valence-electron chi connectivity index (χ4n) is 0.757. The predicted octanol–water partition coefficient (Wildman–Crippen LogP) is -0.754. The summed E-state index contributed by atoms with van der Waals surface area (Å²) in [5.74, 6) is 0.430. The first-order chi connectivity index (χ1) is 5.91. The summed E-state index contributed by atoms with van der Waals surface area (Å²) in [5.41, 5.74) is 5.32. The molecule has 0 aromatic rings. The van der Waals surface area contributed by atoms with Gasteiger partial charge in [0.25, 0.3) is 0 Å². The minimum atomic E-state index is -3.61. The second-order valence-electron chi connectivity index (χ2n) is 3.14. The van der Waals surface area contributed by atoms with Crippen molar-refractivity contribution in [3.63, 3.8) is 0 Å². The van der Waals surface area contributed by atoms with Gasteiger partial charge in [-0.05, 0) is 5.92 Å². The quantitative estimate of drug-likeness (QED) is 0.619. The summed E-state index contributed by atoms with van der Waals surface area (Å²) < 4.78 is 27.0. The Labute approximate surface area is 77.1 Å². The van der Waals surface area contributed by atoms with E-state index in [1.54, 1.807) is 0 Å². The van der Waals surface area contributed by atoms with Crippen LogP contribution in [0.1, 0.15) is 13.8 Å². The van der Waals surface area contributed by atoms with Crippen LogP contribution in [0.3, 0.4) is 0 Å². The maximum Gasteiger partial charge on any atom is 0.345 e. The Morgan fingerprint density at radius 2 is 2.23 bits per heavy atom. The zero-order valence-corrected chi connectivity index (χ0v) is 8.30. The first-order valence-corrected chi connectivity index (χ1v) is 5.28. The lowest BCUT2D eigenvalue weighted by Gasteiger charge is -2.00. The fraction of sp³-hybridized carbons (Fsp3) is 0.667. The van der Waals surface area contributed by atoms with Crippen LogP contribution in [-0.2, 0) is 10.2 Å². The van der Waals surface area contributed by atoms with E-state index in [0.29, 0.717) is 12.5 Å². The van der Waals surface area contributed by atoms with Crippen LogP contribution < -0.4 is 10.5 Å². The lowest BCUT2D eigenvalue weighted by atomic mass is 10.2. The second kappa shape index (κ2) is 3.33. The molecule has 0 unspecified atom stereocenters. The summed E-state index contributed by atoms with van der Waals surface area (Å²) in [6.45, 7) is 4.47. The molecule has 0 aliphatic carbocycles. The molecule has 0 saturated heterocycles. The average Bonchev–Trinajstić information content (AvgIpc) is 2.20. The highest BCUT2D eigenvalue weighted by atomic mass is 32.2. The SMILES string of the molecule is CC(C)CN=C1NS(=O)(=O)N=C1N. The molecule has 1 heterocycles. The van der Waals surface area contributed by atoms with Crippen LogP contribution in [0.5, 0.6) is 0 Å². The van der Waals surface area contributed by atoms with Crippen molar-refractivity contribution in [2.24, 2.45) is 21.0 Å². The molecule has 1 rings (SSSR count). The molecular weight excluding hydrogens is 192 g/mol. The Morgan fingerprint density at radius 1 is 1.62 bits per heavy atom. The molecular formula is C6H12N4O2S. The van der Waals surface area contributed by atoms with E-state index in [1.807, 2.05) is 13.8 Å². The van der Waals surface area contributed by atoms with Crippen LogP contribution in [0.2, 0.25) is 0 Å². The molecule has 0 fully saturated rings. The third-order valence-corrected chi connectivity index (χ3v) is 2.19. The normalized spacial score (nSPS) is 23.3. The van der Waals surface area contributed by atoms with Gasteiger partial charge in [0.05, 0.1) is 0 Å². The van der Waals surface area contributed by atoms with Gasteiger partial charge in [0, 0.05) is 6.54 Å². The van der Waals surface area contributed by atoms with Gasteiger partial charge in [0.2, 0.25) is 0 Å². The van der Waals surface area contributed by atoms with E-state index < -0.39 is 10.2 Å². The summed E-state index contributed by atoms with van der Waals surface area (Å²) in [7, 11) is -3.61. The second-order valence-corrected chi connectivity index (χ2v) is 4.47. The Morgan fingerprint density at radius 3 is 2.62 bits per heavy atom. The topological polar surface area (TPSA) is 96.9 Å². The standard InChI is InChI=1S/C6H12N4O2S/c1-4(2)3-8-6-5(7)9-13(11,12)10-6/h4H,3H2,1-2H3,(H2,7,9)(H,8,10). The van der Waals surface area contributed by atoms with Gasteiger partial charge in [-0.15, -0.1) is 4.40 Å². The lowest BCUT2D eigenvalue weighted by Crippen LogP contribution is -2.31. The van der Waals surface area contributed by atoms with E-state index in [-0.39, 0.29) is 11.7 Å². The molecule has 0 atom stereocenters. The van der Waals surface area contributed by atoms with E-state index in [1.165, 1.54) is 0 Å². The van der Waals surface area contributed by atoms with Crippen LogP contribution in [0.15, 0.2) is 9.39 Å². The molecule has 0 radical (unpaired) electrons. The molecule has 0 aromatic carbocycles. The average molecular weight is 204 g/mol. The molecule has 0 saturated carbocycles. The highest BCUT2D eigenvalue weighted by Crippen LogP contribution is 1.99. The van der Waals surface area contributed by atoms with E-state index in [2.05, 4.69) is 14.1 Å². The van der Waals surface area contributed by atoms with E-state index in [9.17, 15) is 8.42 Å². The van der Waals surface area contributed by atoms with Crippen LogP contribution in [-0.4, -0.2) is 26.6 Å². The Bertz CT molecular complexity index is 355. The van der Waals surface area contributed by atoms with Crippen molar-refractivity contribution in [1.82, 2.24) is 4.72 Å². The Balaban J connectivity index is 2.78. The largest absolute Gasteiger partial charge is 0.380 e. The number of nitrogens with zero attached hydrogens (tertiary/aromatic N) is 2. The van der Waals surface area contributed by atoms with Crippen LogP contribution in [0.4, 0.5) is 0 Å². The lowest BCUT2D eigenvalue weighted by molar-refractivity contribution is 0.595. The van der Waals surface area contributed by atoms with E-state index in [4.69, 9.17) is 5.73 Å². The highest BCUT2D eigenvalue weighted by Gasteiger charge is 2.23. The molecule has 74 valence electrons. The van der Waals surface area contributed by atoms with Crippen molar-refractivity contribution in [1.29, 1.82) is 0 Å². The molecule has 1 aliphatic heterocycles. The zero-order chi connectivity index (χ0) is 10.1. The molecule has 3 N–H and O–H groups in total. The summed E-state index contributed by atoms with van der Waals surface area (Å²) in [6.07, 6.45) is 0. The molecule has 7 heteroatoms. The third kappa shape index (κ3) is 2.69. The van der Waals surface area contributed by atoms with Crippen molar-refractivity contribution in [2.75, 3.05) is 6.54 Å². The highest BCUT2D eigenvalue weighted by molar-refractivity contribution is 7.89. The molecule has 0 aromatic heterocycles. The van der Waals surface area contributed by atoms with Gasteiger partial charge in [-0.3, -0.25) is 4.99 Å². The smallest absolute Gasteiger partial charge is 0.345 e. The van der Waals surface area contributed by atoms with Gasteiger partial charge in [0.15, 0.2) is 11.7 Å². The number of aliphatic imine (C=N–C) groups is 1.